The van der Waals surface area contributed by atoms with E-state index in [2.05, 4.69) is 79.9 Å². The molecule has 7 heteroatoms. The molecule has 0 atom stereocenters. The van der Waals surface area contributed by atoms with Crippen molar-refractivity contribution in [2.24, 2.45) is 4.99 Å². The summed E-state index contributed by atoms with van der Waals surface area (Å²) in [6, 6.07) is 8.62. The quantitative estimate of drug-likeness (QED) is 0.549. The standard InChI is InChI=1S/C18H25BrN6/c1-3-20-17(21-11-16-24-23-13-25(16)4-2)22-12-18(8-9-18)14-6-5-7-15(19)10-14/h5-7,10,13H,3-4,8-9,11-12H2,1-2H3,(H2,20,21,22). The number of nitrogens with zero attached hydrogens (tertiary/aromatic N) is 4. The molecule has 0 bridgehead atoms. The van der Waals surface area contributed by atoms with Crippen molar-refractivity contribution >= 4 is 21.9 Å². The first-order valence-electron chi connectivity index (χ1n) is 8.82. The van der Waals surface area contributed by atoms with Crippen molar-refractivity contribution in [1.29, 1.82) is 0 Å². The van der Waals surface area contributed by atoms with Gasteiger partial charge in [-0.2, -0.15) is 0 Å². The number of hydrogen-bond acceptors (Lipinski definition) is 3. The molecule has 6 nitrogen and oxygen atoms in total. The largest absolute Gasteiger partial charge is 0.357 e. The number of halogens is 1. The lowest BCUT2D eigenvalue weighted by molar-refractivity contribution is 0.642. The Bertz CT molecular complexity index is 735. The fourth-order valence-corrected chi connectivity index (χ4v) is 3.35. The molecule has 25 heavy (non-hydrogen) atoms. The second-order valence-electron chi connectivity index (χ2n) is 6.37. The molecule has 0 spiro atoms. The second kappa shape index (κ2) is 7.99. The molecule has 1 saturated carbocycles. The van der Waals surface area contributed by atoms with E-state index < -0.39 is 0 Å². The van der Waals surface area contributed by atoms with Crippen LogP contribution in [0.2, 0.25) is 0 Å². The molecule has 0 amide bonds. The van der Waals surface area contributed by atoms with Gasteiger partial charge in [-0.25, -0.2) is 4.99 Å². The third-order valence-electron chi connectivity index (χ3n) is 4.64. The minimum absolute atomic E-state index is 0.226. The van der Waals surface area contributed by atoms with E-state index in [1.165, 1.54) is 18.4 Å². The first kappa shape index (κ1) is 17.9. The maximum atomic E-state index is 4.67. The molecule has 1 heterocycles. The maximum Gasteiger partial charge on any atom is 0.191 e. The summed E-state index contributed by atoms with van der Waals surface area (Å²) in [7, 11) is 0. The van der Waals surface area contributed by atoms with E-state index in [0.717, 1.165) is 35.9 Å². The molecule has 1 fully saturated rings. The summed E-state index contributed by atoms with van der Waals surface area (Å²) in [4.78, 5) is 4.67. The minimum Gasteiger partial charge on any atom is -0.357 e. The first-order valence-corrected chi connectivity index (χ1v) is 9.61. The van der Waals surface area contributed by atoms with Gasteiger partial charge in [0.2, 0.25) is 0 Å². The van der Waals surface area contributed by atoms with Crippen molar-refractivity contribution in [2.45, 2.75) is 45.2 Å². The molecular weight excluding hydrogens is 380 g/mol. The van der Waals surface area contributed by atoms with E-state index in [1.54, 1.807) is 6.33 Å². The third kappa shape index (κ3) is 4.39. The summed E-state index contributed by atoms with van der Waals surface area (Å²) < 4.78 is 3.15. The molecule has 2 aromatic rings. The second-order valence-corrected chi connectivity index (χ2v) is 7.29. The van der Waals surface area contributed by atoms with Crippen LogP contribution in [-0.2, 0) is 18.5 Å². The van der Waals surface area contributed by atoms with Crippen LogP contribution < -0.4 is 10.6 Å². The lowest BCUT2D eigenvalue weighted by Crippen LogP contribution is -2.41. The van der Waals surface area contributed by atoms with Crippen LogP contribution >= 0.6 is 15.9 Å². The van der Waals surface area contributed by atoms with Gasteiger partial charge in [0.05, 0.1) is 0 Å². The summed E-state index contributed by atoms with van der Waals surface area (Å²) in [5.41, 5.74) is 1.61. The summed E-state index contributed by atoms with van der Waals surface area (Å²) in [5.74, 6) is 1.71. The van der Waals surface area contributed by atoms with Gasteiger partial charge < -0.3 is 15.2 Å². The van der Waals surface area contributed by atoms with E-state index in [0.29, 0.717) is 6.54 Å². The van der Waals surface area contributed by atoms with Crippen LogP contribution in [0.1, 0.15) is 38.1 Å². The average molecular weight is 405 g/mol. The van der Waals surface area contributed by atoms with E-state index >= 15 is 0 Å². The van der Waals surface area contributed by atoms with Gasteiger partial charge in [0, 0.05) is 29.5 Å². The van der Waals surface area contributed by atoms with Gasteiger partial charge in [-0.1, -0.05) is 28.1 Å². The highest BCUT2D eigenvalue weighted by atomic mass is 79.9. The van der Waals surface area contributed by atoms with Crippen molar-refractivity contribution in [3.63, 3.8) is 0 Å². The van der Waals surface area contributed by atoms with Crippen molar-refractivity contribution in [3.8, 4) is 0 Å². The van der Waals surface area contributed by atoms with Crippen molar-refractivity contribution in [1.82, 2.24) is 25.4 Å². The molecule has 0 radical (unpaired) electrons. The van der Waals surface area contributed by atoms with E-state index in [-0.39, 0.29) is 5.41 Å². The molecule has 1 aromatic carbocycles. The van der Waals surface area contributed by atoms with Crippen LogP contribution in [0.15, 0.2) is 40.1 Å². The fraction of sp³-hybridized carbons (Fsp3) is 0.500. The Kier molecular flexibility index (Phi) is 5.73. The highest BCUT2D eigenvalue weighted by Gasteiger charge is 2.44. The Balaban J connectivity index is 1.65. The van der Waals surface area contributed by atoms with Crippen LogP contribution in [0, 0.1) is 0 Å². The monoisotopic (exact) mass is 404 g/mol. The fourth-order valence-electron chi connectivity index (χ4n) is 2.95. The van der Waals surface area contributed by atoms with Gasteiger partial charge in [-0.3, -0.25) is 0 Å². The van der Waals surface area contributed by atoms with Crippen LogP contribution in [0.3, 0.4) is 0 Å². The number of nitrogens with one attached hydrogen (secondary N) is 2. The number of hydrogen-bond donors (Lipinski definition) is 2. The molecule has 3 rings (SSSR count). The van der Waals surface area contributed by atoms with Crippen LogP contribution in [0.4, 0.5) is 0 Å². The molecule has 1 aliphatic rings. The number of aliphatic imine (C=N–C) groups is 1. The molecular formula is C18H25BrN6. The van der Waals surface area contributed by atoms with Crippen LogP contribution in [-0.4, -0.2) is 33.8 Å². The van der Waals surface area contributed by atoms with Gasteiger partial charge in [-0.15, -0.1) is 10.2 Å². The van der Waals surface area contributed by atoms with Crippen molar-refractivity contribution in [3.05, 3.63) is 46.5 Å². The summed E-state index contributed by atoms with van der Waals surface area (Å²) in [5, 5.41) is 14.9. The number of benzene rings is 1. The smallest absolute Gasteiger partial charge is 0.191 e. The summed E-state index contributed by atoms with van der Waals surface area (Å²) in [6.07, 6.45) is 4.16. The summed E-state index contributed by atoms with van der Waals surface area (Å²) >= 11 is 3.58. The molecule has 2 N–H and O–H groups in total. The number of aryl methyl sites for hydroxylation is 1. The Morgan fingerprint density at radius 1 is 1.32 bits per heavy atom. The Hall–Kier alpha value is -1.89. The van der Waals surface area contributed by atoms with Crippen molar-refractivity contribution < 1.29 is 0 Å². The maximum absolute atomic E-state index is 4.67. The third-order valence-corrected chi connectivity index (χ3v) is 5.14. The van der Waals surface area contributed by atoms with Gasteiger partial charge in [0.1, 0.15) is 12.9 Å². The van der Waals surface area contributed by atoms with Gasteiger partial charge >= 0.3 is 0 Å². The number of guanidine groups is 1. The lowest BCUT2D eigenvalue weighted by atomic mass is 9.96. The van der Waals surface area contributed by atoms with E-state index in [9.17, 15) is 0 Å². The van der Waals surface area contributed by atoms with Gasteiger partial charge in [-0.05, 0) is 44.4 Å². The highest BCUT2D eigenvalue weighted by Crippen LogP contribution is 2.48. The SMILES string of the molecule is CCNC(=NCc1nncn1CC)NCC1(c2cccc(Br)c2)CC1. The van der Waals surface area contributed by atoms with Crippen molar-refractivity contribution in [2.75, 3.05) is 13.1 Å². The molecule has 1 aromatic heterocycles. The molecule has 1 aliphatic carbocycles. The number of rotatable bonds is 7. The molecule has 0 saturated heterocycles. The van der Waals surface area contributed by atoms with Gasteiger partial charge in [0.25, 0.3) is 0 Å². The van der Waals surface area contributed by atoms with E-state index in [1.807, 2.05) is 4.57 Å². The topological polar surface area (TPSA) is 67.1 Å². The zero-order valence-electron chi connectivity index (χ0n) is 14.8. The lowest BCUT2D eigenvalue weighted by Gasteiger charge is -2.19. The normalized spacial score (nSPS) is 15.9. The first-order chi connectivity index (χ1) is 12.2. The summed E-state index contributed by atoms with van der Waals surface area (Å²) in [6.45, 7) is 7.24. The minimum atomic E-state index is 0.226. The Morgan fingerprint density at radius 3 is 2.84 bits per heavy atom. The predicted octanol–water partition coefficient (Wildman–Crippen LogP) is 2.85. The predicted molar refractivity (Wildman–Crippen MR) is 104 cm³/mol. The molecule has 134 valence electrons. The molecule has 0 unspecified atom stereocenters. The van der Waals surface area contributed by atoms with Gasteiger partial charge in [0.15, 0.2) is 11.8 Å². The average Bonchev–Trinajstić information content (AvgIpc) is 3.27. The Morgan fingerprint density at radius 2 is 2.16 bits per heavy atom. The van der Waals surface area contributed by atoms with Crippen LogP contribution in [0.25, 0.3) is 0 Å². The zero-order chi connectivity index (χ0) is 17.7. The van der Waals surface area contributed by atoms with E-state index in [4.69, 9.17) is 0 Å². The molecule has 0 aliphatic heterocycles. The van der Waals surface area contributed by atoms with Crippen LogP contribution in [0.5, 0.6) is 0 Å². The zero-order valence-corrected chi connectivity index (χ0v) is 16.4. The number of aromatic nitrogens is 3. The Labute approximate surface area is 157 Å². The highest BCUT2D eigenvalue weighted by molar-refractivity contribution is 9.10.